The Balaban J connectivity index is 2.26. The van der Waals surface area contributed by atoms with E-state index in [4.69, 9.17) is 0 Å². The lowest BCUT2D eigenvalue weighted by Gasteiger charge is -2.08. The van der Waals surface area contributed by atoms with Crippen molar-refractivity contribution in [2.75, 3.05) is 0 Å². The molecule has 0 spiro atoms. The van der Waals surface area contributed by atoms with E-state index in [1.807, 2.05) is 0 Å². The molecule has 1 saturated carbocycles. The van der Waals surface area contributed by atoms with Crippen molar-refractivity contribution in [1.82, 2.24) is 0 Å². The van der Waals surface area contributed by atoms with E-state index in [0.29, 0.717) is 0 Å². The van der Waals surface area contributed by atoms with Crippen LogP contribution < -0.4 is 0 Å². The van der Waals surface area contributed by atoms with Crippen LogP contribution in [0.3, 0.4) is 0 Å². The largest absolute Gasteiger partial charge is 0.0731 e. The standard InChI is InChI=1S/C9H18Si/c1-8-4-3-5-9(10-2)7-6-8/h8-9H,3-7H2,1-2H3. The van der Waals surface area contributed by atoms with Gasteiger partial charge in [0.1, 0.15) is 0 Å². The van der Waals surface area contributed by atoms with Gasteiger partial charge in [0.25, 0.3) is 0 Å². The predicted molar refractivity (Wildman–Crippen MR) is 47.6 cm³/mol. The van der Waals surface area contributed by atoms with Crippen LogP contribution in [0.15, 0.2) is 0 Å². The van der Waals surface area contributed by atoms with Crippen LogP contribution in [0.4, 0.5) is 0 Å². The summed E-state index contributed by atoms with van der Waals surface area (Å²) < 4.78 is 0. The zero-order valence-corrected chi connectivity index (χ0v) is 8.19. The van der Waals surface area contributed by atoms with Gasteiger partial charge in [-0.05, 0) is 11.5 Å². The van der Waals surface area contributed by atoms with E-state index < -0.39 is 0 Å². The second-order valence-electron chi connectivity index (χ2n) is 3.60. The molecule has 1 rings (SSSR count). The Morgan fingerprint density at radius 2 is 1.90 bits per heavy atom. The zero-order chi connectivity index (χ0) is 7.40. The first-order chi connectivity index (χ1) is 4.83. The van der Waals surface area contributed by atoms with Gasteiger partial charge in [-0.1, -0.05) is 45.6 Å². The molecule has 58 valence electrons. The summed E-state index contributed by atoms with van der Waals surface area (Å²) in [5, 5.41) is 0. The van der Waals surface area contributed by atoms with E-state index >= 15 is 0 Å². The molecule has 0 saturated heterocycles. The first-order valence-electron chi connectivity index (χ1n) is 4.50. The van der Waals surface area contributed by atoms with Crippen molar-refractivity contribution in [1.29, 1.82) is 0 Å². The minimum absolute atomic E-state index is 1.02. The molecule has 0 nitrogen and oxygen atoms in total. The molecule has 2 radical (unpaired) electrons. The van der Waals surface area contributed by atoms with E-state index in [1.54, 1.807) is 0 Å². The highest BCUT2D eigenvalue weighted by atomic mass is 28.2. The molecule has 0 aromatic heterocycles. The van der Waals surface area contributed by atoms with Gasteiger partial charge in [-0.3, -0.25) is 0 Å². The third kappa shape index (κ3) is 2.45. The average Bonchev–Trinajstić information content (AvgIpc) is 2.14. The molecule has 0 heterocycles. The van der Waals surface area contributed by atoms with Crippen LogP contribution in [0, 0.1) is 5.92 Å². The quantitative estimate of drug-likeness (QED) is 0.402. The Hall–Kier alpha value is 0.217. The molecule has 0 aromatic carbocycles. The molecule has 2 unspecified atom stereocenters. The monoisotopic (exact) mass is 154 g/mol. The summed E-state index contributed by atoms with van der Waals surface area (Å²) in [6.07, 6.45) is 7.49. The molecule has 2 atom stereocenters. The van der Waals surface area contributed by atoms with Crippen LogP contribution >= 0.6 is 0 Å². The second-order valence-corrected chi connectivity index (χ2v) is 4.99. The summed E-state index contributed by atoms with van der Waals surface area (Å²) in [5.74, 6) is 1.02. The van der Waals surface area contributed by atoms with Gasteiger partial charge in [-0.2, -0.15) is 0 Å². The smallest absolute Gasteiger partial charge is 0.0378 e. The predicted octanol–water partition coefficient (Wildman–Crippen LogP) is 3.13. The topological polar surface area (TPSA) is 0 Å². The summed E-state index contributed by atoms with van der Waals surface area (Å²) in [6.45, 7) is 4.77. The average molecular weight is 154 g/mol. The second kappa shape index (κ2) is 4.17. The molecular weight excluding hydrogens is 136 g/mol. The van der Waals surface area contributed by atoms with Crippen molar-refractivity contribution in [3.8, 4) is 0 Å². The minimum atomic E-state index is 1.02. The maximum Gasteiger partial charge on any atom is 0.0378 e. The van der Waals surface area contributed by atoms with Crippen molar-refractivity contribution in [3.05, 3.63) is 0 Å². The van der Waals surface area contributed by atoms with Crippen molar-refractivity contribution in [2.24, 2.45) is 5.92 Å². The highest BCUT2D eigenvalue weighted by Crippen LogP contribution is 2.29. The summed E-state index contributed by atoms with van der Waals surface area (Å²) in [5.41, 5.74) is 1.09. The lowest BCUT2D eigenvalue weighted by Crippen LogP contribution is -1.97. The van der Waals surface area contributed by atoms with Gasteiger partial charge in [-0.15, -0.1) is 0 Å². The third-order valence-electron chi connectivity index (χ3n) is 2.67. The molecule has 0 aromatic rings. The Labute approximate surface area is 67.2 Å². The summed E-state index contributed by atoms with van der Waals surface area (Å²) >= 11 is 0. The molecule has 1 aliphatic rings. The Kier molecular flexibility index (Phi) is 3.47. The van der Waals surface area contributed by atoms with Crippen LogP contribution in [0.5, 0.6) is 0 Å². The van der Waals surface area contributed by atoms with Gasteiger partial charge in [0, 0.05) is 9.52 Å². The van der Waals surface area contributed by atoms with E-state index in [0.717, 1.165) is 11.5 Å². The van der Waals surface area contributed by atoms with Gasteiger partial charge in [0.05, 0.1) is 0 Å². The third-order valence-corrected chi connectivity index (χ3v) is 4.06. The molecule has 10 heavy (non-hydrogen) atoms. The van der Waals surface area contributed by atoms with Crippen molar-refractivity contribution in [2.45, 2.75) is 51.1 Å². The first kappa shape index (κ1) is 8.31. The molecule has 0 bridgehead atoms. The fourth-order valence-corrected chi connectivity index (χ4v) is 2.72. The minimum Gasteiger partial charge on any atom is -0.0731 e. The lowest BCUT2D eigenvalue weighted by molar-refractivity contribution is 0.504. The highest BCUT2D eigenvalue weighted by molar-refractivity contribution is 6.35. The van der Waals surface area contributed by atoms with E-state index in [2.05, 4.69) is 13.5 Å². The van der Waals surface area contributed by atoms with E-state index in [-0.39, 0.29) is 0 Å². The van der Waals surface area contributed by atoms with Crippen LogP contribution in [0.2, 0.25) is 12.1 Å². The first-order valence-corrected chi connectivity index (χ1v) is 6.08. The van der Waals surface area contributed by atoms with E-state index in [1.165, 1.54) is 41.6 Å². The summed E-state index contributed by atoms with van der Waals surface area (Å²) in [6, 6.07) is 0. The van der Waals surface area contributed by atoms with Crippen LogP contribution in [0.25, 0.3) is 0 Å². The maximum atomic E-state index is 2.40. The van der Waals surface area contributed by atoms with Gasteiger partial charge < -0.3 is 0 Å². The van der Waals surface area contributed by atoms with Gasteiger partial charge in [-0.25, -0.2) is 0 Å². The van der Waals surface area contributed by atoms with Crippen molar-refractivity contribution >= 4 is 9.52 Å². The van der Waals surface area contributed by atoms with Crippen LogP contribution in [-0.4, -0.2) is 9.52 Å². The Morgan fingerprint density at radius 3 is 2.60 bits per heavy atom. The lowest BCUT2D eigenvalue weighted by atomic mass is 10.0. The molecule has 1 aliphatic carbocycles. The fraction of sp³-hybridized carbons (Fsp3) is 1.00. The molecule has 0 N–H and O–H groups in total. The number of hydrogen-bond acceptors (Lipinski definition) is 0. The van der Waals surface area contributed by atoms with Crippen LogP contribution in [0.1, 0.15) is 39.0 Å². The highest BCUT2D eigenvalue weighted by Gasteiger charge is 2.14. The number of hydrogen-bond donors (Lipinski definition) is 0. The molecular formula is C9H18Si. The molecule has 0 aliphatic heterocycles. The molecule has 0 amide bonds. The fourth-order valence-electron chi connectivity index (χ4n) is 1.78. The van der Waals surface area contributed by atoms with Crippen molar-refractivity contribution in [3.63, 3.8) is 0 Å². The summed E-state index contributed by atoms with van der Waals surface area (Å²) in [4.78, 5) is 0. The Morgan fingerprint density at radius 1 is 1.10 bits per heavy atom. The van der Waals surface area contributed by atoms with Gasteiger partial charge in [0.15, 0.2) is 0 Å². The molecule has 1 heteroatoms. The Bertz CT molecular complexity index is 90.7. The van der Waals surface area contributed by atoms with Crippen molar-refractivity contribution < 1.29 is 0 Å². The SMILES string of the molecule is C[Si]C1CCCC(C)CC1. The maximum absolute atomic E-state index is 2.40. The van der Waals surface area contributed by atoms with Gasteiger partial charge in [0.2, 0.25) is 0 Å². The number of rotatable bonds is 1. The normalized spacial score (nSPS) is 35.4. The van der Waals surface area contributed by atoms with Gasteiger partial charge >= 0.3 is 0 Å². The zero-order valence-electron chi connectivity index (χ0n) is 7.19. The summed E-state index contributed by atoms with van der Waals surface area (Å²) in [7, 11) is 1.19. The molecule has 1 fully saturated rings. The van der Waals surface area contributed by atoms with Crippen LogP contribution in [-0.2, 0) is 0 Å². The van der Waals surface area contributed by atoms with E-state index in [9.17, 15) is 0 Å².